The number of amides is 3. The first-order valence-corrected chi connectivity index (χ1v) is 11.8. The van der Waals surface area contributed by atoms with Gasteiger partial charge < -0.3 is 31.5 Å². The number of hydrogen-bond acceptors (Lipinski definition) is 6. The van der Waals surface area contributed by atoms with Gasteiger partial charge in [0.05, 0.1) is 0 Å². The lowest BCUT2D eigenvalue weighted by Gasteiger charge is -2.27. The molecule has 0 fully saturated rings. The van der Waals surface area contributed by atoms with Crippen molar-refractivity contribution in [2.75, 3.05) is 11.9 Å². The molecule has 0 aliphatic carbocycles. The highest BCUT2D eigenvalue weighted by Gasteiger charge is 2.33. The Kier molecular flexibility index (Phi) is 11.7. The van der Waals surface area contributed by atoms with E-state index in [1.807, 2.05) is 20.8 Å². The molecular formula is C25H40N4O6. The number of carboxylic acid groups (broad SMARTS) is 1. The Bertz CT molecular complexity index is 864. The fraction of sp³-hybridized carbons (Fsp3) is 0.600. The van der Waals surface area contributed by atoms with Gasteiger partial charge in [-0.3, -0.25) is 9.59 Å². The number of rotatable bonds is 12. The number of aliphatic carboxylic acids is 1. The minimum Gasteiger partial charge on any atom is -0.480 e. The van der Waals surface area contributed by atoms with Crippen molar-refractivity contribution in [1.82, 2.24) is 10.6 Å². The van der Waals surface area contributed by atoms with E-state index >= 15 is 0 Å². The average Bonchev–Trinajstić information content (AvgIpc) is 2.77. The van der Waals surface area contributed by atoms with Crippen LogP contribution in [0.25, 0.3) is 0 Å². The summed E-state index contributed by atoms with van der Waals surface area (Å²) in [6, 6.07) is 4.86. The standard InChI is InChI=1S/C25H40N4O6/c1-15(2)16(3)21(30)28-19(8-7-13-26)22(31)27-18-11-9-17(10-12-18)14-35-24(34)29-20(23(32)33)25(4,5)6/h9-12,15-16,19-20H,7-8,13-14,26H2,1-6H3,(H,27,31)(H,28,30)(H,29,34)(H,32,33)/t16-,19-,20+/m1/s1. The fourth-order valence-electron chi connectivity index (χ4n) is 3.07. The molecule has 0 unspecified atom stereocenters. The van der Waals surface area contributed by atoms with Gasteiger partial charge in [0.25, 0.3) is 0 Å². The summed E-state index contributed by atoms with van der Waals surface area (Å²) in [5.41, 5.74) is 6.07. The normalized spacial score (nSPS) is 13.9. The fourth-order valence-corrected chi connectivity index (χ4v) is 3.07. The lowest BCUT2D eigenvalue weighted by Crippen LogP contribution is -2.49. The van der Waals surface area contributed by atoms with Crippen LogP contribution in [-0.4, -0.2) is 47.6 Å². The van der Waals surface area contributed by atoms with Crippen molar-refractivity contribution < 1.29 is 29.0 Å². The zero-order valence-corrected chi connectivity index (χ0v) is 21.5. The summed E-state index contributed by atoms with van der Waals surface area (Å²) in [5.74, 6) is -1.75. The summed E-state index contributed by atoms with van der Waals surface area (Å²) >= 11 is 0. The van der Waals surface area contributed by atoms with E-state index in [0.717, 1.165) is 0 Å². The second-order valence-corrected chi connectivity index (χ2v) is 10.1. The summed E-state index contributed by atoms with van der Waals surface area (Å²) in [7, 11) is 0. The van der Waals surface area contributed by atoms with E-state index in [2.05, 4.69) is 16.0 Å². The van der Waals surface area contributed by atoms with Gasteiger partial charge in [-0.05, 0) is 48.4 Å². The molecule has 0 aromatic heterocycles. The third kappa shape index (κ3) is 10.3. The maximum atomic E-state index is 12.8. The third-order valence-electron chi connectivity index (χ3n) is 5.71. The molecule has 0 bridgehead atoms. The second-order valence-electron chi connectivity index (χ2n) is 10.1. The molecule has 196 valence electrons. The summed E-state index contributed by atoms with van der Waals surface area (Å²) in [6.07, 6.45) is 0.176. The van der Waals surface area contributed by atoms with E-state index in [9.17, 15) is 24.3 Å². The molecule has 0 aliphatic rings. The van der Waals surface area contributed by atoms with E-state index in [0.29, 0.717) is 30.6 Å². The Labute approximate surface area is 207 Å². The molecule has 1 aromatic carbocycles. The summed E-state index contributed by atoms with van der Waals surface area (Å²) in [6.45, 7) is 11.2. The highest BCUT2D eigenvalue weighted by Crippen LogP contribution is 2.20. The van der Waals surface area contributed by atoms with Crippen molar-refractivity contribution >= 4 is 29.6 Å². The zero-order valence-electron chi connectivity index (χ0n) is 21.5. The molecule has 10 nitrogen and oxygen atoms in total. The van der Waals surface area contributed by atoms with Gasteiger partial charge in [0, 0.05) is 11.6 Å². The minimum atomic E-state index is -1.14. The maximum absolute atomic E-state index is 12.8. The predicted octanol–water partition coefficient (Wildman–Crippen LogP) is 2.87. The Morgan fingerprint density at radius 1 is 1.00 bits per heavy atom. The van der Waals surface area contributed by atoms with Crippen molar-refractivity contribution in [3.8, 4) is 0 Å². The van der Waals surface area contributed by atoms with Crippen molar-refractivity contribution in [2.45, 2.75) is 73.1 Å². The molecule has 0 heterocycles. The van der Waals surface area contributed by atoms with Crippen LogP contribution in [0, 0.1) is 17.3 Å². The number of carboxylic acids is 1. The molecule has 0 aliphatic heterocycles. The van der Waals surface area contributed by atoms with Crippen LogP contribution < -0.4 is 21.7 Å². The first-order valence-electron chi connectivity index (χ1n) is 11.8. The zero-order chi connectivity index (χ0) is 26.8. The summed E-state index contributed by atoms with van der Waals surface area (Å²) in [5, 5.41) is 17.3. The van der Waals surface area contributed by atoms with Gasteiger partial charge in [0.15, 0.2) is 0 Å². The monoisotopic (exact) mass is 492 g/mol. The van der Waals surface area contributed by atoms with Crippen molar-refractivity contribution in [3.63, 3.8) is 0 Å². The predicted molar refractivity (Wildman–Crippen MR) is 133 cm³/mol. The highest BCUT2D eigenvalue weighted by atomic mass is 16.5. The molecule has 0 saturated heterocycles. The van der Waals surface area contributed by atoms with Gasteiger partial charge >= 0.3 is 12.1 Å². The number of nitrogens with two attached hydrogens (primary N) is 1. The molecule has 1 rings (SSSR count). The summed E-state index contributed by atoms with van der Waals surface area (Å²) < 4.78 is 5.13. The molecule has 10 heteroatoms. The Morgan fingerprint density at radius 3 is 2.09 bits per heavy atom. The largest absolute Gasteiger partial charge is 0.480 e. The molecule has 0 radical (unpaired) electrons. The van der Waals surface area contributed by atoms with Crippen molar-refractivity contribution in [1.29, 1.82) is 0 Å². The van der Waals surface area contributed by atoms with Gasteiger partial charge in [-0.1, -0.05) is 53.7 Å². The quantitative estimate of drug-likeness (QED) is 0.300. The number of hydrogen-bond donors (Lipinski definition) is 5. The van der Waals surface area contributed by atoms with Crippen LogP contribution in [0.4, 0.5) is 10.5 Å². The van der Waals surface area contributed by atoms with Crippen molar-refractivity contribution in [3.05, 3.63) is 29.8 Å². The SMILES string of the molecule is CC(C)[C@@H](C)C(=O)N[C@H](CCCN)C(=O)Nc1ccc(COC(=O)N[C@@H](C(=O)O)C(C)(C)C)cc1. The van der Waals surface area contributed by atoms with E-state index in [4.69, 9.17) is 10.5 Å². The molecule has 0 saturated carbocycles. The lowest BCUT2D eigenvalue weighted by molar-refractivity contribution is -0.142. The van der Waals surface area contributed by atoms with Gasteiger partial charge in [-0.25, -0.2) is 9.59 Å². The van der Waals surface area contributed by atoms with Crippen LogP contribution in [0.2, 0.25) is 0 Å². The number of carbonyl (C=O) groups excluding carboxylic acids is 3. The van der Waals surface area contributed by atoms with E-state index < -0.39 is 29.6 Å². The van der Waals surface area contributed by atoms with Crippen LogP contribution in [0.5, 0.6) is 0 Å². The molecule has 1 aromatic rings. The molecule has 35 heavy (non-hydrogen) atoms. The Morgan fingerprint density at radius 2 is 1.60 bits per heavy atom. The number of alkyl carbamates (subject to hydrolysis) is 1. The van der Waals surface area contributed by atoms with Crippen LogP contribution in [-0.2, 0) is 25.7 Å². The molecule has 3 atom stereocenters. The summed E-state index contributed by atoms with van der Waals surface area (Å²) in [4.78, 5) is 48.6. The van der Waals surface area contributed by atoms with Crippen LogP contribution in [0.15, 0.2) is 24.3 Å². The van der Waals surface area contributed by atoms with Crippen LogP contribution >= 0.6 is 0 Å². The highest BCUT2D eigenvalue weighted by molar-refractivity contribution is 5.97. The average molecular weight is 493 g/mol. The molecular weight excluding hydrogens is 452 g/mol. The maximum Gasteiger partial charge on any atom is 0.408 e. The first-order chi connectivity index (χ1) is 16.3. The van der Waals surface area contributed by atoms with Gasteiger partial charge in [0.1, 0.15) is 18.7 Å². The van der Waals surface area contributed by atoms with Crippen LogP contribution in [0.1, 0.15) is 59.9 Å². The number of anilines is 1. The number of benzene rings is 1. The van der Waals surface area contributed by atoms with Gasteiger partial charge in [-0.15, -0.1) is 0 Å². The number of carbonyl (C=O) groups is 4. The minimum absolute atomic E-state index is 0.0706. The molecule has 3 amide bonds. The molecule has 0 spiro atoms. The smallest absolute Gasteiger partial charge is 0.408 e. The topological polar surface area (TPSA) is 160 Å². The number of nitrogens with one attached hydrogen (secondary N) is 3. The van der Waals surface area contributed by atoms with Gasteiger partial charge in [0.2, 0.25) is 11.8 Å². The van der Waals surface area contributed by atoms with E-state index in [1.165, 1.54) is 0 Å². The van der Waals surface area contributed by atoms with E-state index in [1.54, 1.807) is 45.0 Å². The third-order valence-corrected chi connectivity index (χ3v) is 5.71. The van der Waals surface area contributed by atoms with Crippen molar-refractivity contribution in [2.24, 2.45) is 23.0 Å². The Hall–Kier alpha value is -3.14. The number of ether oxygens (including phenoxy) is 1. The second kappa shape index (κ2) is 13.7. The lowest BCUT2D eigenvalue weighted by atomic mass is 9.87. The first kappa shape index (κ1) is 29.9. The molecule has 6 N–H and O–H groups in total. The van der Waals surface area contributed by atoms with E-state index in [-0.39, 0.29) is 30.3 Å². The van der Waals surface area contributed by atoms with Gasteiger partial charge in [-0.2, -0.15) is 0 Å². The Balaban J connectivity index is 2.71. The van der Waals surface area contributed by atoms with Crippen LogP contribution in [0.3, 0.4) is 0 Å².